The smallest absolute Gasteiger partial charge is 0.306 e. The molecule has 67 heavy (non-hydrogen) atoms. The van der Waals surface area contributed by atoms with E-state index in [1.165, 1.54) is 32.1 Å². The van der Waals surface area contributed by atoms with Crippen molar-refractivity contribution >= 4 is 17.9 Å². The highest BCUT2D eigenvalue weighted by molar-refractivity contribution is 5.71. The largest absolute Gasteiger partial charge is 0.462 e. The molecule has 1 unspecified atom stereocenters. The molecule has 0 aromatic heterocycles. The maximum absolute atomic E-state index is 12.8. The molecule has 0 bridgehead atoms. The fourth-order valence-electron chi connectivity index (χ4n) is 6.57. The van der Waals surface area contributed by atoms with Gasteiger partial charge < -0.3 is 14.2 Å². The van der Waals surface area contributed by atoms with Crippen LogP contribution in [-0.2, 0) is 28.6 Å². The van der Waals surface area contributed by atoms with Crippen LogP contribution in [-0.4, -0.2) is 37.2 Å². The third-order valence-electron chi connectivity index (χ3n) is 10.5. The quantitative estimate of drug-likeness (QED) is 0.0199. The van der Waals surface area contributed by atoms with Crippen molar-refractivity contribution in [2.75, 3.05) is 13.2 Å². The summed E-state index contributed by atoms with van der Waals surface area (Å²) in [7, 11) is 0. The molecule has 0 amide bonds. The Kier molecular flexibility index (Phi) is 50.1. The Labute approximate surface area is 410 Å². The third kappa shape index (κ3) is 52.1. The van der Waals surface area contributed by atoms with Gasteiger partial charge in [0.25, 0.3) is 0 Å². The molecular formula is C61H94O6. The molecule has 0 radical (unpaired) electrons. The summed E-state index contributed by atoms with van der Waals surface area (Å²) in [6, 6.07) is 0. The van der Waals surface area contributed by atoms with Crippen LogP contribution < -0.4 is 0 Å². The number of allylic oxidation sites excluding steroid dienone is 24. The number of hydrogen-bond donors (Lipinski definition) is 0. The van der Waals surface area contributed by atoms with Gasteiger partial charge in [-0.2, -0.15) is 0 Å². The van der Waals surface area contributed by atoms with Crippen molar-refractivity contribution in [2.45, 2.75) is 207 Å². The van der Waals surface area contributed by atoms with Crippen LogP contribution in [0.1, 0.15) is 201 Å². The molecule has 0 saturated heterocycles. The van der Waals surface area contributed by atoms with Crippen LogP contribution in [0.25, 0.3) is 0 Å². The zero-order valence-electron chi connectivity index (χ0n) is 42.6. The summed E-state index contributed by atoms with van der Waals surface area (Å²) < 4.78 is 16.7. The van der Waals surface area contributed by atoms with Gasteiger partial charge in [-0.15, -0.1) is 0 Å². The Bertz CT molecular complexity index is 1530. The van der Waals surface area contributed by atoms with Gasteiger partial charge in [0.05, 0.1) is 0 Å². The Balaban J connectivity index is 4.59. The SMILES string of the molecule is CC\C=C/C=C\C=C/C=C\C=C/CCCCCC(=O)OCC(COC(=O)CCCCCCC\C=C/C=C\C=C/CCCCCCC)OC(=O)CCCCC/C=C\C/C=C\C/C=C\C/C=C\CC. The van der Waals surface area contributed by atoms with E-state index in [2.05, 4.69) is 118 Å². The number of ether oxygens (including phenoxy) is 3. The monoisotopic (exact) mass is 923 g/mol. The van der Waals surface area contributed by atoms with E-state index in [0.29, 0.717) is 19.3 Å². The highest BCUT2D eigenvalue weighted by Crippen LogP contribution is 2.12. The predicted octanol–water partition coefficient (Wildman–Crippen LogP) is 17.6. The van der Waals surface area contributed by atoms with E-state index in [9.17, 15) is 14.4 Å². The number of unbranched alkanes of at least 4 members (excludes halogenated alkanes) is 16. The van der Waals surface area contributed by atoms with Crippen LogP contribution in [0.2, 0.25) is 0 Å². The molecule has 0 fully saturated rings. The second-order valence-electron chi connectivity index (χ2n) is 16.8. The summed E-state index contributed by atoms with van der Waals surface area (Å²) in [6.07, 6.45) is 76.8. The lowest BCUT2D eigenvalue weighted by molar-refractivity contribution is -0.167. The predicted molar refractivity (Wildman–Crippen MR) is 288 cm³/mol. The second kappa shape index (κ2) is 53.9. The number of rotatable bonds is 45. The van der Waals surface area contributed by atoms with Crippen LogP contribution in [0.4, 0.5) is 0 Å². The summed E-state index contributed by atoms with van der Waals surface area (Å²) in [5.41, 5.74) is 0. The minimum atomic E-state index is -0.828. The summed E-state index contributed by atoms with van der Waals surface area (Å²) >= 11 is 0. The van der Waals surface area contributed by atoms with Crippen molar-refractivity contribution < 1.29 is 28.6 Å². The molecule has 374 valence electrons. The summed E-state index contributed by atoms with van der Waals surface area (Å²) in [5.74, 6) is -1.03. The number of esters is 3. The van der Waals surface area contributed by atoms with E-state index in [-0.39, 0.29) is 37.5 Å². The molecule has 0 aliphatic carbocycles. The molecular weight excluding hydrogens is 829 g/mol. The van der Waals surface area contributed by atoms with Gasteiger partial charge >= 0.3 is 17.9 Å². The van der Waals surface area contributed by atoms with Crippen LogP contribution >= 0.6 is 0 Å². The van der Waals surface area contributed by atoms with Crippen LogP contribution in [0.3, 0.4) is 0 Å². The van der Waals surface area contributed by atoms with Crippen LogP contribution in [0.15, 0.2) is 146 Å². The number of carbonyl (C=O) groups is 3. The Hall–Kier alpha value is -4.71. The van der Waals surface area contributed by atoms with Gasteiger partial charge in [-0.05, 0) is 103 Å². The van der Waals surface area contributed by atoms with Gasteiger partial charge in [0.1, 0.15) is 13.2 Å². The van der Waals surface area contributed by atoms with E-state index in [1.54, 1.807) is 0 Å². The fraction of sp³-hybridized carbons (Fsp3) is 0.557. The van der Waals surface area contributed by atoms with Gasteiger partial charge in [-0.3, -0.25) is 14.4 Å². The summed E-state index contributed by atoms with van der Waals surface area (Å²) in [5, 5.41) is 0. The van der Waals surface area contributed by atoms with Crippen molar-refractivity contribution in [1.29, 1.82) is 0 Å². The average molecular weight is 923 g/mol. The average Bonchev–Trinajstić information content (AvgIpc) is 3.33. The summed E-state index contributed by atoms with van der Waals surface area (Å²) in [6.45, 7) is 6.26. The molecule has 0 aliphatic rings. The van der Waals surface area contributed by atoms with Gasteiger partial charge in [-0.1, -0.05) is 224 Å². The van der Waals surface area contributed by atoms with Gasteiger partial charge in [-0.25, -0.2) is 0 Å². The van der Waals surface area contributed by atoms with Crippen molar-refractivity contribution in [3.63, 3.8) is 0 Å². The zero-order chi connectivity index (χ0) is 48.6. The normalized spacial score (nSPS) is 13.3. The molecule has 6 heteroatoms. The van der Waals surface area contributed by atoms with Gasteiger partial charge in [0.15, 0.2) is 6.10 Å². The fourth-order valence-corrected chi connectivity index (χ4v) is 6.57. The lowest BCUT2D eigenvalue weighted by Gasteiger charge is -2.18. The first-order chi connectivity index (χ1) is 33.0. The highest BCUT2D eigenvalue weighted by Gasteiger charge is 2.19. The number of carbonyl (C=O) groups excluding carboxylic acids is 3. The third-order valence-corrected chi connectivity index (χ3v) is 10.5. The highest BCUT2D eigenvalue weighted by atomic mass is 16.6. The molecule has 0 saturated carbocycles. The standard InChI is InChI=1S/C61H94O6/c1-4-7-10-13-16-19-22-25-28-30-31-34-36-39-42-45-48-51-54-60(63)66-57-58(56-65-59(62)53-50-47-44-41-38-35-32-27-24-21-18-15-12-9-6-3)67-61(64)55-52-49-46-43-40-37-33-29-26-23-20-17-14-11-8-5-2/h8-9,11-12,15,17-18,20-22,24-32,34-35,37-38,40,58H,4-7,10,13-14,16,19,23,33,36,39,41-57H2,1-3H3/b11-8-,12-9-,18-15-,20-17-,24-21-,25-22-,29-26-,30-28-,32-27-,34-31-,38-35-,40-37-. The zero-order valence-corrected chi connectivity index (χ0v) is 42.6. The molecule has 6 nitrogen and oxygen atoms in total. The maximum atomic E-state index is 12.8. The van der Waals surface area contributed by atoms with E-state index < -0.39 is 6.10 Å². The minimum Gasteiger partial charge on any atom is -0.462 e. The Morgan fingerprint density at radius 1 is 0.328 bits per heavy atom. The van der Waals surface area contributed by atoms with E-state index in [0.717, 1.165) is 122 Å². The first-order valence-corrected chi connectivity index (χ1v) is 26.4. The van der Waals surface area contributed by atoms with Crippen molar-refractivity contribution in [3.05, 3.63) is 146 Å². The minimum absolute atomic E-state index is 0.122. The van der Waals surface area contributed by atoms with E-state index in [1.807, 2.05) is 48.6 Å². The molecule has 0 spiro atoms. The topological polar surface area (TPSA) is 78.9 Å². The molecule has 1 atom stereocenters. The molecule has 0 N–H and O–H groups in total. The van der Waals surface area contributed by atoms with Crippen LogP contribution in [0.5, 0.6) is 0 Å². The first kappa shape index (κ1) is 62.3. The van der Waals surface area contributed by atoms with Crippen molar-refractivity contribution in [2.24, 2.45) is 0 Å². The Morgan fingerprint density at radius 2 is 0.657 bits per heavy atom. The van der Waals surface area contributed by atoms with Crippen LogP contribution in [0, 0.1) is 0 Å². The van der Waals surface area contributed by atoms with Crippen molar-refractivity contribution in [3.8, 4) is 0 Å². The Morgan fingerprint density at radius 3 is 1.10 bits per heavy atom. The molecule has 0 aliphatic heterocycles. The lowest BCUT2D eigenvalue weighted by atomic mass is 10.1. The lowest BCUT2D eigenvalue weighted by Crippen LogP contribution is -2.30. The van der Waals surface area contributed by atoms with E-state index in [4.69, 9.17) is 14.2 Å². The van der Waals surface area contributed by atoms with Gasteiger partial charge in [0, 0.05) is 19.3 Å². The van der Waals surface area contributed by atoms with E-state index >= 15 is 0 Å². The first-order valence-electron chi connectivity index (χ1n) is 26.4. The molecule has 0 aromatic rings. The van der Waals surface area contributed by atoms with Gasteiger partial charge in [0.2, 0.25) is 0 Å². The summed E-state index contributed by atoms with van der Waals surface area (Å²) in [4.78, 5) is 38.0. The van der Waals surface area contributed by atoms with Crippen molar-refractivity contribution in [1.82, 2.24) is 0 Å². The molecule has 0 heterocycles. The molecule has 0 rings (SSSR count). The number of hydrogen-bond acceptors (Lipinski definition) is 6. The second-order valence-corrected chi connectivity index (χ2v) is 16.8. The molecule has 0 aromatic carbocycles. The maximum Gasteiger partial charge on any atom is 0.306 e.